The van der Waals surface area contributed by atoms with Crippen LogP contribution < -0.4 is 10.6 Å². The second-order valence-corrected chi connectivity index (χ2v) is 12.8. The number of fused-ring (bicyclic) bond motifs is 1. The molecule has 0 saturated carbocycles. The van der Waals surface area contributed by atoms with Crippen LogP contribution in [0, 0.1) is 0 Å². The number of aliphatic hydroxyl groups excluding tert-OH is 1. The molecule has 10 nitrogen and oxygen atoms in total. The van der Waals surface area contributed by atoms with Crippen LogP contribution >= 0.6 is 11.8 Å². The Morgan fingerprint density at radius 3 is 2.55 bits per heavy atom. The average molecular weight is 614 g/mol. The number of tetrazole rings is 1. The van der Waals surface area contributed by atoms with E-state index < -0.39 is 17.7 Å². The first-order valence-corrected chi connectivity index (χ1v) is 15.9. The Bertz CT molecular complexity index is 1590. The molecule has 0 aliphatic carbocycles. The molecule has 0 fully saturated rings. The second-order valence-electron chi connectivity index (χ2n) is 11.9. The van der Waals surface area contributed by atoms with E-state index in [1.165, 1.54) is 0 Å². The molecule has 44 heavy (non-hydrogen) atoms. The van der Waals surface area contributed by atoms with Gasteiger partial charge >= 0.3 is 0 Å². The molecule has 0 radical (unpaired) electrons. The first-order valence-electron chi connectivity index (χ1n) is 14.7. The number of carbonyl (C=O) groups is 2. The number of nitrogens with zero attached hydrogens (tertiary/aromatic N) is 4. The molecule has 0 spiro atoms. The minimum atomic E-state index is -0.686. The molecule has 0 unspecified atom stereocenters. The SMILES string of the molecule is CSc1ccc2c(c1)C[C@@H](NC(=O)CC(C)(C)NC[C@@H](C)O)C(=O)N(Cc1ccc(-c3ccccc3-c3nn[nH]n3)cc1)C2. The standard InChI is InChI=1S/C33H39N7O3S/c1-21(41)18-34-33(2,3)17-30(42)35-29-16-25-15-26(44-4)14-13-24(25)20-40(32(29)43)19-22-9-11-23(12-10-22)27-7-5-6-8-28(27)31-36-38-39-37-31/h5-15,21,29,34,41H,16-20H2,1-4H3,(H,35,42)(H,36,37,38,39)/t21-,29-/m1/s1. The average Bonchev–Trinajstić information content (AvgIpc) is 3.51. The van der Waals surface area contributed by atoms with E-state index in [2.05, 4.69) is 49.5 Å². The Morgan fingerprint density at radius 1 is 1.11 bits per heavy atom. The minimum Gasteiger partial charge on any atom is -0.392 e. The lowest BCUT2D eigenvalue weighted by Gasteiger charge is -2.29. The van der Waals surface area contributed by atoms with Crippen molar-refractivity contribution in [3.05, 3.63) is 83.4 Å². The molecule has 4 aromatic rings. The highest BCUT2D eigenvalue weighted by Crippen LogP contribution is 2.31. The Hall–Kier alpha value is -4.06. The van der Waals surface area contributed by atoms with Crippen molar-refractivity contribution in [2.45, 2.75) is 69.3 Å². The molecular formula is C33H39N7O3S. The molecule has 2 heterocycles. The van der Waals surface area contributed by atoms with Gasteiger partial charge in [0.2, 0.25) is 17.6 Å². The van der Waals surface area contributed by atoms with E-state index in [1.807, 2.05) is 73.5 Å². The number of benzene rings is 3. The lowest BCUT2D eigenvalue weighted by Crippen LogP contribution is -2.51. The van der Waals surface area contributed by atoms with Crippen LogP contribution in [0.5, 0.6) is 0 Å². The van der Waals surface area contributed by atoms with Crippen LogP contribution in [0.3, 0.4) is 0 Å². The highest BCUT2D eigenvalue weighted by Gasteiger charge is 2.32. The van der Waals surface area contributed by atoms with Gasteiger partial charge in [-0.1, -0.05) is 54.6 Å². The zero-order valence-electron chi connectivity index (χ0n) is 25.5. The summed E-state index contributed by atoms with van der Waals surface area (Å²) in [6, 6.07) is 21.6. The normalized spacial score (nSPS) is 15.9. The molecular weight excluding hydrogens is 574 g/mol. The van der Waals surface area contributed by atoms with Gasteiger partial charge in [-0.15, -0.1) is 22.0 Å². The number of H-pyrrole nitrogens is 1. The molecule has 2 amide bonds. The lowest BCUT2D eigenvalue weighted by molar-refractivity contribution is -0.137. The number of aromatic nitrogens is 4. The Labute approximate surface area is 262 Å². The predicted octanol–water partition coefficient (Wildman–Crippen LogP) is 3.96. The van der Waals surface area contributed by atoms with Gasteiger partial charge in [0, 0.05) is 48.5 Å². The number of rotatable bonds is 11. The fourth-order valence-electron chi connectivity index (χ4n) is 5.48. The Kier molecular flexibility index (Phi) is 9.77. The number of thioether (sulfide) groups is 1. The third kappa shape index (κ3) is 7.71. The predicted molar refractivity (Wildman–Crippen MR) is 172 cm³/mol. The summed E-state index contributed by atoms with van der Waals surface area (Å²) in [5, 5.41) is 30.4. The summed E-state index contributed by atoms with van der Waals surface area (Å²) in [5.74, 6) is 0.209. The van der Waals surface area contributed by atoms with Crippen LogP contribution in [-0.4, -0.2) is 72.9 Å². The lowest BCUT2D eigenvalue weighted by atomic mass is 9.98. The fourth-order valence-corrected chi connectivity index (χ4v) is 5.94. The van der Waals surface area contributed by atoms with E-state index in [4.69, 9.17) is 0 Å². The van der Waals surface area contributed by atoms with Gasteiger partial charge < -0.3 is 20.6 Å². The molecule has 1 aromatic heterocycles. The van der Waals surface area contributed by atoms with Crippen molar-refractivity contribution >= 4 is 23.6 Å². The van der Waals surface area contributed by atoms with Crippen LogP contribution in [-0.2, 0) is 29.1 Å². The van der Waals surface area contributed by atoms with Crippen molar-refractivity contribution < 1.29 is 14.7 Å². The molecule has 5 rings (SSSR count). The van der Waals surface area contributed by atoms with Gasteiger partial charge in [0.25, 0.3) is 0 Å². The summed E-state index contributed by atoms with van der Waals surface area (Å²) in [7, 11) is 0. The largest absolute Gasteiger partial charge is 0.392 e. The van der Waals surface area contributed by atoms with Gasteiger partial charge in [-0.2, -0.15) is 5.21 Å². The van der Waals surface area contributed by atoms with E-state index in [1.54, 1.807) is 18.7 Å². The monoisotopic (exact) mass is 613 g/mol. The van der Waals surface area contributed by atoms with Crippen LogP contribution in [0.1, 0.15) is 43.9 Å². The quantitative estimate of drug-likeness (QED) is 0.187. The molecule has 11 heteroatoms. The number of aliphatic hydroxyl groups is 1. The highest BCUT2D eigenvalue weighted by molar-refractivity contribution is 7.98. The van der Waals surface area contributed by atoms with E-state index in [0.29, 0.717) is 31.9 Å². The summed E-state index contributed by atoms with van der Waals surface area (Å²) >= 11 is 1.66. The van der Waals surface area contributed by atoms with Crippen molar-refractivity contribution in [1.29, 1.82) is 0 Å². The van der Waals surface area contributed by atoms with Gasteiger partial charge in [-0.25, -0.2) is 0 Å². The van der Waals surface area contributed by atoms with Crippen molar-refractivity contribution in [2.75, 3.05) is 12.8 Å². The summed E-state index contributed by atoms with van der Waals surface area (Å²) in [5.41, 5.74) is 5.46. The summed E-state index contributed by atoms with van der Waals surface area (Å²) < 4.78 is 0. The molecule has 0 saturated heterocycles. The first-order chi connectivity index (χ1) is 21.1. The molecule has 230 valence electrons. The fraction of sp³-hybridized carbons (Fsp3) is 0.364. The molecule has 0 bridgehead atoms. The third-order valence-electron chi connectivity index (χ3n) is 7.77. The van der Waals surface area contributed by atoms with E-state index >= 15 is 0 Å². The second kappa shape index (κ2) is 13.7. The minimum absolute atomic E-state index is 0.110. The Balaban J connectivity index is 1.36. The van der Waals surface area contributed by atoms with Crippen molar-refractivity contribution in [3.63, 3.8) is 0 Å². The van der Waals surface area contributed by atoms with Crippen LogP contribution in [0.25, 0.3) is 22.5 Å². The van der Waals surface area contributed by atoms with Gasteiger partial charge in [-0.05, 0) is 72.2 Å². The highest BCUT2D eigenvalue weighted by atomic mass is 32.2. The van der Waals surface area contributed by atoms with E-state index in [9.17, 15) is 14.7 Å². The van der Waals surface area contributed by atoms with Gasteiger partial charge in [0.05, 0.1) is 6.10 Å². The number of hydrogen-bond acceptors (Lipinski definition) is 8. The maximum atomic E-state index is 14.0. The first kappa shape index (κ1) is 31.4. The van der Waals surface area contributed by atoms with E-state index in [0.717, 1.165) is 38.3 Å². The van der Waals surface area contributed by atoms with Crippen molar-refractivity contribution in [3.8, 4) is 22.5 Å². The zero-order valence-corrected chi connectivity index (χ0v) is 26.3. The zero-order chi connectivity index (χ0) is 31.3. The molecule has 1 aliphatic heterocycles. The maximum Gasteiger partial charge on any atom is 0.246 e. The summed E-state index contributed by atoms with van der Waals surface area (Å²) in [6.07, 6.45) is 2.11. The van der Waals surface area contributed by atoms with Gasteiger partial charge in [0.1, 0.15) is 6.04 Å². The molecule has 1 aliphatic rings. The van der Waals surface area contributed by atoms with Crippen LogP contribution in [0.15, 0.2) is 71.6 Å². The van der Waals surface area contributed by atoms with Gasteiger partial charge in [-0.3, -0.25) is 9.59 Å². The smallest absolute Gasteiger partial charge is 0.246 e. The number of nitrogens with one attached hydrogen (secondary N) is 3. The van der Waals surface area contributed by atoms with Crippen molar-refractivity contribution in [1.82, 2.24) is 36.2 Å². The number of β-amino-alcohol motifs (C(OH)–C–C–N with tert-alkyl or cyclic N) is 1. The Morgan fingerprint density at radius 2 is 1.86 bits per heavy atom. The maximum absolute atomic E-state index is 14.0. The topological polar surface area (TPSA) is 136 Å². The van der Waals surface area contributed by atoms with Crippen LogP contribution in [0.4, 0.5) is 0 Å². The summed E-state index contributed by atoms with van der Waals surface area (Å²) in [4.78, 5) is 30.1. The molecule has 4 N–H and O–H groups in total. The van der Waals surface area contributed by atoms with Crippen molar-refractivity contribution in [2.24, 2.45) is 0 Å². The molecule has 3 aromatic carbocycles. The third-order valence-corrected chi connectivity index (χ3v) is 8.50. The van der Waals surface area contributed by atoms with Gasteiger partial charge in [0.15, 0.2) is 0 Å². The van der Waals surface area contributed by atoms with Crippen LogP contribution in [0.2, 0.25) is 0 Å². The molecule has 2 atom stereocenters. The number of amides is 2. The number of carbonyl (C=O) groups excluding carboxylic acids is 2. The number of hydrogen-bond donors (Lipinski definition) is 4. The number of aromatic amines is 1. The summed E-state index contributed by atoms with van der Waals surface area (Å²) in [6.45, 7) is 6.77. The van der Waals surface area contributed by atoms with E-state index in [-0.39, 0.29) is 18.2 Å².